The highest BCUT2D eigenvalue weighted by Gasteiger charge is 2.41. The summed E-state index contributed by atoms with van der Waals surface area (Å²) in [7, 11) is 2.01. The number of pyridine rings is 1. The molecular formula is C27H27F4IN4O. The minimum absolute atomic E-state index is 0.0455. The lowest BCUT2D eigenvalue weighted by Crippen LogP contribution is -2.55. The molecule has 37 heavy (non-hydrogen) atoms. The first-order valence-electron chi connectivity index (χ1n) is 11.9. The molecule has 196 valence electrons. The van der Waals surface area contributed by atoms with Gasteiger partial charge < -0.3 is 15.5 Å². The molecule has 0 unspecified atom stereocenters. The number of benzene rings is 2. The van der Waals surface area contributed by atoms with Crippen molar-refractivity contribution < 1.29 is 22.4 Å². The van der Waals surface area contributed by atoms with Crippen molar-refractivity contribution >= 4 is 28.6 Å². The molecule has 4 rings (SSSR count). The summed E-state index contributed by atoms with van der Waals surface area (Å²) in [5.41, 5.74) is -1.73. The minimum Gasteiger partial charge on any atom is -0.335 e. The standard InChI is InChI=1S/C27H27F4IN4O/c1-36-11-9-23(10-12-36)34-25(37)35-26(16-18-5-3-2-4-6-18,24-8-7-22(32)17-33-24)19-13-20(27(29,30)31)15-21(28)14-19/h2-8,13-15,17,23H,9-12,16H2,1H3,(H2,34,35,37)/t26-/m1/s1. The van der Waals surface area contributed by atoms with E-state index in [1.807, 2.05) is 25.2 Å². The number of amides is 2. The van der Waals surface area contributed by atoms with Crippen LogP contribution in [0.2, 0.25) is 0 Å². The number of nitrogens with one attached hydrogen (secondary N) is 2. The zero-order valence-electron chi connectivity index (χ0n) is 20.2. The second-order valence-corrected chi connectivity index (χ2v) is 10.6. The predicted molar refractivity (Wildman–Crippen MR) is 141 cm³/mol. The molecule has 2 N–H and O–H groups in total. The van der Waals surface area contributed by atoms with Crippen molar-refractivity contribution in [3.05, 3.63) is 98.6 Å². The molecule has 0 bridgehead atoms. The van der Waals surface area contributed by atoms with Crippen LogP contribution >= 0.6 is 22.6 Å². The van der Waals surface area contributed by atoms with E-state index >= 15 is 0 Å². The number of alkyl halides is 3. The van der Waals surface area contributed by atoms with E-state index in [0.717, 1.165) is 47.2 Å². The summed E-state index contributed by atoms with van der Waals surface area (Å²) in [6.07, 6.45) is -1.66. The van der Waals surface area contributed by atoms with Gasteiger partial charge in [-0.2, -0.15) is 13.2 Å². The third-order valence-electron chi connectivity index (χ3n) is 6.58. The molecule has 2 aromatic carbocycles. The Kier molecular flexibility index (Phi) is 8.37. The highest BCUT2D eigenvalue weighted by molar-refractivity contribution is 14.1. The second kappa shape index (κ2) is 11.3. The van der Waals surface area contributed by atoms with E-state index in [0.29, 0.717) is 11.8 Å². The third kappa shape index (κ3) is 6.78. The first-order chi connectivity index (χ1) is 17.5. The molecule has 1 saturated heterocycles. The minimum atomic E-state index is -4.77. The lowest BCUT2D eigenvalue weighted by Gasteiger charge is -2.37. The van der Waals surface area contributed by atoms with Gasteiger partial charge in [-0.25, -0.2) is 9.18 Å². The summed E-state index contributed by atoms with van der Waals surface area (Å²) in [6.45, 7) is 1.63. The summed E-state index contributed by atoms with van der Waals surface area (Å²) >= 11 is 2.07. The van der Waals surface area contributed by atoms with Gasteiger partial charge in [0, 0.05) is 22.2 Å². The van der Waals surface area contributed by atoms with Crippen molar-refractivity contribution in [2.45, 2.75) is 37.0 Å². The van der Waals surface area contributed by atoms with E-state index in [2.05, 4.69) is 43.1 Å². The van der Waals surface area contributed by atoms with Gasteiger partial charge in [0.25, 0.3) is 0 Å². The lowest BCUT2D eigenvalue weighted by molar-refractivity contribution is -0.137. The van der Waals surface area contributed by atoms with Crippen LogP contribution in [0.1, 0.15) is 35.2 Å². The Labute approximate surface area is 226 Å². The molecule has 0 aliphatic carbocycles. The predicted octanol–water partition coefficient (Wildman–Crippen LogP) is 5.72. The van der Waals surface area contributed by atoms with Crippen molar-refractivity contribution in [3.8, 4) is 0 Å². The molecule has 2 heterocycles. The summed E-state index contributed by atoms with van der Waals surface area (Å²) in [5, 5.41) is 5.90. The molecule has 10 heteroatoms. The van der Waals surface area contributed by atoms with E-state index in [4.69, 9.17) is 0 Å². The monoisotopic (exact) mass is 626 g/mol. The molecule has 1 fully saturated rings. The zero-order chi connectivity index (χ0) is 26.6. The molecular weight excluding hydrogens is 599 g/mol. The van der Waals surface area contributed by atoms with E-state index in [-0.39, 0.29) is 18.0 Å². The van der Waals surface area contributed by atoms with Gasteiger partial charge in [0.05, 0.1) is 11.3 Å². The van der Waals surface area contributed by atoms with Crippen molar-refractivity contribution in [3.63, 3.8) is 0 Å². The molecule has 0 saturated carbocycles. The fourth-order valence-electron chi connectivity index (χ4n) is 4.62. The molecule has 1 aliphatic rings. The quantitative estimate of drug-likeness (QED) is 0.272. The van der Waals surface area contributed by atoms with E-state index < -0.39 is 29.1 Å². The van der Waals surface area contributed by atoms with Gasteiger partial charge in [-0.05, 0) is 97.0 Å². The molecule has 1 aliphatic heterocycles. The highest BCUT2D eigenvalue weighted by Crippen LogP contribution is 2.37. The number of rotatable bonds is 6. The number of nitrogens with zero attached hydrogens (tertiary/aromatic N) is 2. The maximum Gasteiger partial charge on any atom is 0.416 e. The Morgan fingerprint density at radius 3 is 2.35 bits per heavy atom. The topological polar surface area (TPSA) is 57.3 Å². The number of carbonyl (C=O) groups excluding carboxylic acids is 1. The van der Waals surface area contributed by atoms with Crippen LogP contribution in [0.5, 0.6) is 0 Å². The number of halogens is 5. The fraction of sp³-hybridized carbons (Fsp3) is 0.333. The smallest absolute Gasteiger partial charge is 0.335 e. The summed E-state index contributed by atoms with van der Waals surface area (Å²) < 4.78 is 56.7. The van der Waals surface area contributed by atoms with Crippen LogP contribution < -0.4 is 10.6 Å². The summed E-state index contributed by atoms with van der Waals surface area (Å²) in [4.78, 5) is 20.1. The fourth-order valence-corrected chi connectivity index (χ4v) is 4.94. The zero-order valence-corrected chi connectivity index (χ0v) is 22.3. The van der Waals surface area contributed by atoms with Crippen molar-refractivity contribution in [2.75, 3.05) is 20.1 Å². The van der Waals surface area contributed by atoms with Crippen LogP contribution in [0, 0.1) is 9.39 Å². The Hall–Kier alpha value is -2.73. The van der Waals surface area contributed by atoms with Crippen LogP contribution in [0.4, 0.5) is 22.4 Å². The number of likely N-dealkylation sites (tertiary alicyclic amines) is 1. The van der Waals surface area contributed by atoms with E-state index in [9.17, 15) is 22.4 Å². The van der Waals surface area contributed by atoms with Crippen LogP contribution in [-0.4, -0.2) is 42.1 Å². The molecule has 5 nitrogen and oxygen atoms in total. The van der Waals surface area contributed by atoms with Gasteiger partial charge in [-0.3, -0.25) is 4.98 Å². The Bertz CT molecular complexity index is 1220. The molecule has 1 aromatic heterocycles. The maximum absolute atomic E-state index is 14.7. The summed E-state index contributed by atoms with van der Waals surface area (Å²) in [6, 6.07) is 14.2. The van der Waals surface area contributed by atoms with Crippen molar-refractivity contribution in [2.24, 2.45) is 0 Å². The first-order valence-corrected chi connectivity index (χ1v) is 12.9. The number of piperidine rings is 1. The van der Waals surface area contributed by atoms with Crippen LogP contribution in [0.25, 0.3) is 0 Å². The van der Waals surface area contributed by atoms with Crippen LogP contribution in [-0.2, 0) is 18.1 Å². The van der Waals surface area contributed by atoms with Crippen molar-refractivity contribution in [1.29, 1.82) is 0 Å². The van der Waals surface area contributed by atoms with Gasteiger partial charge in [0.2, 0.25) is 0 Å². The van der Waals surface area contributed by atoms with Gasteiger partial charge in [-0.15, -0.1) is 0 Å². The van der Waals surface area contributed by atoms with Crippen molar-refractivity contribution in [1.82, 2.24) is 20.5 Å². The second-order valence-electron chi connectivity index (χ2n) is 9.33. The number of hydrogen-bond donors (Lipinski definition) is 2. The lowest BCUT2D eigenvalue weighted by atomic mass is 9.79. The van der Waals surface area contributed by atoms with Crippen LogP contribution in [0.15, 0.2) is 66.9 Å². The maximum atomic E-state index is 14.7. The Morgan fingerprint density at radius 2 is 1.73 bits per heavy atom. The van der Waals surface area contributed by atoms with Gasteiger partial charge in [0.1, 0.15) is 11.4 Å². The van der Waals surface area contributed by atoms with Gasteiger partial charge in [-0.1, -0.05) is 30.3 Å². The molecule has 2 amide bonds. The average molecular weight is 626 g/mol. The Morgan fingerprint density at radius 1 is 1.05 bits per heavy atom. The number of carbonyl (C=O) groups is 1. The SMILES string of the molecule is CN1CCC(NC(=O)N[C@](Cc2ccccc2)(c2cc(F)cc(C(F)(F)F)c2)c2ccc(I)cn2)CC1. The van der Waals surface area contributed by atoms with E-state index in [1.54, 1.807) is 30.5 Å². The molecule has 0 spiro atoms. The summed E-state index contributed by atoms with van der Waals surface area (Å²) in [5.74, 6) is -1.05. The van der Waals surface area contributed by atoms with Gasteiger partial charge >= 0.3 is 12.2 Å². The number of aromatic nitrogens is 1. The molecule has 3 aromatic rings. The normalized spacial score (nSPS) is 16.7. The average Bonchev–Trinajstić information content (AvgIpc) is 2.85. The Balaban J connectivity index is 1.84. The molecule has 1 atom stereocenters. The number of hydrogen-bond acceptors (Lipinski definition) is 3. The number of urea groups is 1. The highest BCUT2D eigenvalue weighted by atomic mass is 127. The molecule has 0 radical (unpaired) electrons. The van der Waals surface area contributed by atoms with Crippen LogP contribution in [0.3, 0.4) is 0 Å². The van der Waals surface area contributed by atoms with E-state index in [1.165, 1.54) is 0 Å². The largest absolute Gasteiger partial charge is 0.416 e. The third-order valence-corrected chi connectivity index (χ3v) is 7.21. The van der Waals surface area contributed by atoms with Gasteiger partial charge in [0.15, 0.2) is 0 Å². The first kappa shape index (κ1) is 27.3.